The molecule has 0 aliphatic carbocycles. The zero-order valence-electron chi connectivity index (χ0n) is 26.8. The van der Waals surface area contributed by atoms with Crippen molar-refractivity contribution >= 4 is 43.6 Å². The van der Waals surface area contributed by atoms with Crippen molar-refractivity contribution in [2.45, 2.75) is 41.5 Å². The number of aromatic nitrogens is 5. The summed E-state index contributed by atoms with van der Waals surface area (Å²) >= 11 is 0. The number of nitrogens with zero attached hydrogens (tertiary/aromatic N) is 6. The van der Waals surface area contributed by atoms with Crippen LogP contribution in [0.4, 0.5) is 0 Å². The number of aryl methyl sites for hydroxylation is 6. The molecule has 0 aliphatic heterocycles. The molecule has 0 saturated heterocycles. The molecule has 6 nitrogen and oxygen atoms in total. The zero-order valence-corrected chi connectivity index (χ0v) is 26.8. The SMILES string of the molecule is Cc1ccc2c3ccc(C)cc3n(-c3cc(C#N)cc(-n4c5cc(C)ccc5c5ccc(C)cc54)c3-c3nc(C)nc(C)n3)c2c1. The average molecular weight is 597 g/mol. The van der Waals surface area contributed by atoms with Crippen LogP contribution in [-0.2, 0) is 0 Å². The van der Waals surface area contributed by atoms with E-state index in [0.717, 1.165) is 82.8 Å². The Hall–Kier alpha value is -5.80. The van der Waals surface area contributed by atoms with Gasteiger partial charge in [-0.1, -0.05) is 48.5 Å². The minimum absolute atomic E-state index is 0.557. The first-order chi connectivity index (χ1) is 22.2. The predicted molar refractivity (Wildman–Crippen MR) is 187 cm³/mol. The highest BCUT2D eigenvalue weighted by Gasteiger charge is 2.25. The summed E-state index contributed by atoms with van der Waals surface area (Å²) in [6.45, 7) is 12.3. The second-order valence-electron chi connectivity index (χ2n) is 12.5. The van der Waals surface area contributed by atoms with E-state index in [9.17, 15) is 5.26 Å². The Labute approximate surface area is 267 Å². The lowest BCUT2D eigenvalue weighted by atomic mass is 10.0. The Morgan fingerprint density at radius 1 is 0.478 bits per heavy atom. The number of rotatable bonds is 3. The van der Waals surface area contributed by atoms with Crippen LogP contribution in [0.1, 0.15) is 39.5 Å². The van der Waals surface area contributed by atoms with Gasteiger partial charge in [0.1, 0.15) is 11.6 Å². The third kappa shape index (κ3) is 4.20. The number of hydrogen-bond acceptors (Lipinski definition) is 4. The fourth-order valence-electron chi connectivity index (χ4n) is 6.98. The van der Waals surface area contributed by atoms with Crippen LogP contribution < -0.4 is 0 Å². The van der Waals surface area contributed by atoms with Gasteiger partial charge in [-0.25, -0.2) is 15.0 Å². The molecule has 8 aromatic rings. The molecule has 6 heteroatoms. The average Bonchev–Trinajstić information content (AvgIpc) is 3.50. The van der Waals surface area contributed by atoms with Gasteiger partial charge < -0.3 is 9.13 Å². The van der Waals surface area contributed by atoms with E-state index in [1.165, 1.54) is 0 Å². The summed E-state index contributed by atoms with van der Waals surface area (Å²) in [5.74, 6) is 1.86. The Balaban J connectivity index is 1.64. The van der Waals surface area contributed by atoms with Gasteiger partial charge in [0.25, 0.3) is 0 Å². The number of benzene rings is 5. The van der Waals surface area contributed by atoms with Crippen LogP contribution in [0.5, 0.6) is 0 Å². The Morgan fingerprint density at radius 3 is 1.15 bits per heavy atom. The van der Waals surface area contributed by atoms with Gasteiger partial charge in [0.05, 0.1) is 50.6 Å². The fourth-order valence-corrected chi connectivity index (χ4v) is 6.98. The van der Waals surface area contributed by atoms with Crippen molar-refractivity contribution in [1.82, 2.24) is 24.1 Å². The molecule has 5 aromatic carbocycles. The van der Waals surface area contributed by atoms with Gasteiger partial charge in [-0.15, -0.1) is 0 Å². The van der Waals surface area contributed by atoms with E-state index >= 15 is 0 Å². The monoisotopic (exact) mass is 596 g/mol. The Morgan fingerprint density at radius 2 is 0.826 bits per heavy atom. The highest BCUT2D eigenvalue weighted by atomic mass is 15.1. The quantitative estimate of drug-likeness (QED) is 0.204. The molecule has 0 aliphatic rings. The van der Waals surface area contributed by atoms with Crippen LogP contribution in [-0.4, -0.2) is 24.1 Å². The molecule has 3 aromatic heterocycles. The zero-order chi connectivity index (χ0) is 31.9. The molecule has 46 heavy (non-hydrogen) atoms. The first kappa shape index (κ1) is 27.7. The first-order valence-electron chi connectivity index (χ1n) is 15.5. The Bertz CT molecular complexity index is 2330. The second kappa shape index (κ2) is 10.1. The molecule has 8 rings (SSSR count). The summed E-state index contributed by atoms with van der Waals surface area (Å²) < 4.78 is 4.59. The lowest BCUT2D eigenvalue weighted by Crippen LogP contribution is -2.08. The van der Waals surface area contributed by atoms with E-state index < -0.39 is 0 Å². The molecule has 222 valence electrons. The summed E-state index contributed by atoms with van der Waals surface area (Å²) in [5, 5.41) is 15.2. The van der Waals surface area contributed by atoms with E-state index in [1.54, 1.807) is 0 Å². The van der Waals surface area contributed by atoms with Crippen molar-refractivity contribution in [2.24, 2.45) is 0 Å². The van der Waals surface area contributed by atoms with Crippen molar-refractivity contribution < 1.29 is 0 Å². The molecule has 0 unspecified atom stereocenters. The van der Waals surface area contributed by atoms with Crippen LogP contribution in [0.15, 0.2) is 84.9 Å². The van der Waals surface area contributed by atoms with Gasteiger partial charge in [-0.2, -0.15) is 5.26 Å². The van der Waals surface area contributed by atoms with Gasteiger partial charge in [0.2, 0.25) is 0 Å². The Kier molecular flexibility index (Phi) is 6.10. The van der Waals surface area contributed by atoms with Crippen molar-refractivity contribution in [1.29, 1.82) is 5.26 Å². The van der Waals surface area contributed by atoms with Crippen LogP contribution in [0.25, 0.3) is 66.4 Å². The highest BCUT2D eigenvalue weighted by molar-refractivity contribution is 6.12. The maximum atomic E-state index is 10.6. The smallest absolute Gasteiger partial charge is 0.167 e. The maximum absolute atomic E-state index is 10.6. The molecular formula is C40H32N6. The van der Waals surface area contributed by atoms with Gasteiger partial charge >= 0.3 is 0 Å². The fraction of sp³-hybridized carbons (Fsp3) is 0.150. The van der Waals surface area contributed by atoms with Crippen LogP contribution in [0, 0.1) is 52.9 Å². The summed E-state index contributed by atoms with van der Waals surface area (Å²) in [7, 11) is 0. The van der Waals surface area contributed by atoms with Gasteiger partial charge in [0.15, 0.2) is 5.82 Å². The van der Waals surface area contributed by atoms with Gasteiger partial charge in [-0.3, -0.25) is 0 Å². The molecule has 0 atom stereocenters. The van der Waals surface area contributed by atoms with Gasteiger partial charge in [-0.05, 0) is 100 Å². The molecule has 0 bridgehead atoms. The summed E-state index contributed by atoms with van der Waals surface area (Å²) in [4.78, 5) is 14.5. The molecular weight excluding hydrogens is 564 g/mol. The molecule has 0 N–H and O–H groups in total. The molecule has 0 radical (unpaired) electrons. The maximum Gasteiger partial charge on any atom is 0.167 e. The van der Waals surface area contributed by atoms with Crippen LogP contribution in [0.3, 0.4) is 0 Å². The van der Waals surface area contributed by atoms with E-state index in [1.807, 2.05) is 26.0 Å². The van der Waals surface area contributed by atoms with E-state index in [0.29, 0.717) is 23.0 Å². The molecule has 0 spiro atoms. The van der Waals surface area contributed by atoms with Gasteiger partial charge in [0, 0.05) is 21.5 Å². The molecule has 3 heterocycles. The minimum Gasteiger partial charge on any atom is -0.308 e. The standard InChI is InChI=1S/C40H32N6/c1-22-7-11-29-30-12-8-23(2)16-34(30)45(33(29)15-22)37-19-28(21-41)20-38(39(37)40-43-26(5)42-27(6)44-40)46-35-17-24(3)9-13-31(35)32-14-10-25(4)18-36(32)46/h7-20H,1-6H3. The second-order valence-corrected chi connectivity index (χ2v) is 12.5. The largest absolute Gasteiger partial charge is 0.308 e. The number of nitriles is 1. The first-order valence-corrected chi connectivity index (χ1v) is 15.5. The topological polar surface area (TPSA) is 72.3 Å². The number of fused-ring (bicyclic) bond motifs is 6. The molecule has 0 saturated carbocycles. The lowest BCUT2D eigenvalue weighted by molar-refractivity contribution is 0.924. The third-order valence-electron chi connectivity index (χ3n) is 8.95. The van der Waals surface area contributed by atoms with E-state index in [2.05, 4.69) is 121 Å². The lowest BCUT2D eigenvalue weighted by Gasteiger charge is -2.20. The normalized spacial score (nSPS) is 11.7. The van der Waals surface area contributed by atoms with Crippen LogP contribution in [0.2, 0.25) is 0 Å². The summed E-state index contributed by atoms with van der Waals surface area (Å²) in [6.07, 6.45) is 0. The molecule has 0 amide bonds. The predicted octanol–water partition coefficient (Wildman–Crippen LogP) is 9.45. The van der Waals surface area contributed by atoms with Crippen LogP contribution >= 0.6 is 0 Å². The van der Waals surface area contributed by atoms with Crippen molar-refractivity contribution in [3.63, 3.8) is 0 Å². The highest BCUT2D eigenvalue weighted by Crippen LogP contribution is 2.42. The van der Waals surface area contributed by atoms with E-state index in [-0.39, 0.29) is 0 Å². The summed E-state index contributed by atoms with van der Waals surface area (Å²) in [5.41, 5.74) is 12.0. The van der Waals surface area contributed by atoms with E-state index in [4.69, 9.17) is 9.97 Å². The minimum atomic E-state index is 0.557. The molecule has 0 fully saturated rings. The van der Waals surface area contributed by atoms with Crippen molar-refractivity contribution in [2.75, 3.05) is 0 Å². The number of hydrogen-bond donors (Lipinski definition) is 0. The van der Waals surface area contributed by atoms with Crippen molar-refractivity contribution in [3.8, 4) is 28.8 Å². The summed E-state index contributed by atoms with van der Waals surface area (Å²) in [6, 6.07) is 32.8. The third-order valence-corrected chi connectivity index (χ3v) is 8.95. The van der Waals surface area contributed by atoms with Crippen molar-refractivity contribution in [3.05, 3.63) is 124 Å².